The van der Waals surface area contributed by atoms with Crippen LogP contribution in [0.3, 0.4) is 0 Å². The van der Waals surface area contributed by atoms with Crippen molar-refractivity contribution in [2.24, 2.45) is 0 Å². The Kier molecular flexibility index (Phi) is 6.86. The molecular weight excluding hydrogens is 467 g/mol. The lowest BCUT2D eigenvalue weighted by atomic mass is 9.79. The second-order valence-electron chi connectivity index (χ2n) is 9.88. The molecule has 1 saturated heterocycles. The van der Waals surface area contributed by atoms with Gasteiger partial charge in [0.2, 0.25) is 0 Å². The van der Waals surface area contributed by atoms with Crippen molar-refractivity contribution >= 4 is 28.5 Å². The topological polar surface area (TPSA) is 60.6 Å². The minimum Gasteiger partial charge on any atom is -0.468 e. The van der Waals surface area contributed by atoms with Crippen LogP contribution in [0.4, 0.5) is 4.39 Å². The molecule has 1 fully saturated rings. The zero-order valence-corrected chi connectivity index (χ0v) is 21.1. The van der Waals surface area contributed by atoms with Gasteiger partial charge in [-0.3, -0.25) is 9.69 Å². The van der Waals surface area contributed by atoms with Gasteiger partial charge in [-0.15, -0.1) is 0 Å². The van der Waals surface area contributed by atoms with E-state index in [1.54, 1.807) is 6.07 Å². The van der Waals surface area contributed by atoms with Crippen molar-refractivity contribution in [1.29, 1.82) is 0 Å². The fourth-order valence-electron chi connectivity index (χ4n) is 5.85. The van der Waals surface area contributed by atoms with Crippen LogP contribution in [0.5, 0.6) is 0 Å². The van der Waals surface area contributed by atoms with E-state index in [-0.39, 0.29) is 29.1 Å². The predicted molar refractivity (Wildman–Crippen MR) is 136 cm³/mol. The largest absolute Gasteiger partial charge is 0.468 e. The summed E-state index contributed by atoms with van der Waals surface area (Å²) in [4.78, 5) is 21.2. The average Bonchev–Trinajstić information content (AvgIpc) is 3.23. The highest BCUT2D eigenvalue weighted by molar-refractivity contribution is 6.30. The lowest BCUT2D eigenvalue weighted by Crippen LogP contribution is -2.56. The van der Waals surface area contributed by atoms with Crippen LogP contribution in [0.1, 0.15) is 41.7 Å². The van der Waals surface area contributed by atoms with Crippen LogP contribution in [0.15, 0.2) is 42.5 Å². The number of nitrogens with zero attached hydrogens (tertiary/aromatic N) is 2. The number of H-pyrrole nitrogens is 1. The number of esters is 1. The summed E-state index contributed by atoms with van der Waals surface area (Å²) in [5, 5.41) is 4.96. The molecule has 8 heteroatoms. The van der Waals surface area contributed by atoms with Gasteiger partial charge in [0, 0.05) is 48.2 Å². The first-order valence-electron chi connectivity index (χ1n) is 12.1. The molecule has 0 radical (unpaired) electrons. The van der Waals surface area contributed by atoms with Gasteiger partial charge in [0.15, 0.2) is 0 Å². The number of hydrogen-bond donors (Lipinski definition) is 2. The van der Waals surface area contributed by atoms with Gasteiger partial charge in [-0.1, -0.05) is 35.9 Å². The highest BCUT2D eigenvalue weighted by atomic mass is 35.5. The van der Waals surface area contributed by atoms with Gasteiger partial charge in [0.1, 0.15) is 11.9 Å². The molecule has 0 aliphatic carbocycles. The van der Waals surface area contributed by atoms with E-state index < -0.39 is 11.9 Å². The fraction of sp³-hybridized carbons (Fsp3) is 0.444. The number of benzene rings is 2. The number of ether oxygens (including phenoxy) is 1. The number of aromatic amines is 1. The zero-order chi connectivity index (χ0) is 24.7. The summed E-state index contributed by atoms with van der Waals surface area (Å²) >= 11 is 6.01. The van der Waals surface area contributed by atoms with Crippen molar-refractivity contribution < 1.29 is 13.9 Å². The number of carbonyl (C=O) groups excluding carboxylic acids is 1. The predicted octanol–water partition coefficient (Wildman–Crippen LogP) is 4.46. The maximum Gasteiger partial charge on any atom is 0.323 e. The number of nitrogens with one attached hydrogen (secondary N) is 2. The van der Waals surface area contributed by atoms with Crippen molar-refractivity contribution in [1.82, 2.24) is 20.1 Å². The smallest absolute Gasteiger partial charge is 0.323 e. The molecule has 0 unspecified atom stereocenters. The molecule has 3 aromatic rings. The number of fused-ring (bicyclic) bond motifs is 5. The van der Waals surface area contributed by atoms with Crippen molar-refractivity contribution in [3.05, 3.63) is 70.1 Å². The first kappa shape index (κ1) is 24.3. The summed E-state index contributed by atoms with van der Waals surface area (Å²) in [5.41, 5.74) is 4.21. The Labute approximate surface area is 210 Å². The summed E-state index contributed by atoms with van der Waals surface area (Å²) in [7, 11) is 5.56. The van der Waals surface area contributed by atoms with Gasteiger partial charge in [-0.2, -0.15) is 0 Å². The molecule has 0 amide bonds. The van der Waals surface area contributed by atoms with E-state index in [0.29, 0.717) is 6.42 Å². The molecular formula is C27H32ClFN4O2. The Morgan fingerprint density at radius 1 is 1.23 bits per heavy atom. The first-order chi connectivity index (χ1) is 16.9. The molecule has 0 saturated carbocycles. The quantitative estimate of drug-likeness (QED) is 0.491. The maximum absolute atomic E-state index is 14.6. The lowest BCUT2D eigenvalue weighted by molar-refractivity contribution is -0.152. The Morgan fingerprint density at radius 2 is 2.00 bits per heavy atom. The Bertz CT molecular complexity index is 1230. The van der Waals surface area contributed by atoms with Crippen molar-refractivity contribution in [3.63, 3.8) is 0 Å². The van der Waals surface area contributed by atoms with Gasteiger partial charge >= 0.3 is 5.97 Å². The third kappa shape index (κ3) is 4.58. The Hall–Kier alpha value is -2.45. The minimum absolute atomic E-state index is 0.0374. The number of likely N-dealkylation sites (N-methyl/N-ethyl adjacent to an activating group) is 1. The number of rotatable bonds is 6. The Morgan fingerprint density at radius 3 is 2.74 bits per heavy atom. The molecule has 5 rings (SSSR count). The SMILES string of the molecule is COC(=O)[C@@H]1Cc2c([nH]c3ccccc23)[C@@H]2C[C@H](NCCN(C)C)C[C@@H](c3ccc(Cl)c(F)c3)N12. The molecule has 186 valence electrons. The molecule has 6 nitrogen and oxygen atoms in total. The lowest BCUT2D eigenvalue weighted by Gasteiger charge is -2.50. The number of aromatic nitrogens is 1. The summed E-state index contributed by atoms with van der Waals surface area (Å²) in [6.45, 7) is 1.78. The molecule has 35 heavy (non-hydrogen) atoms. The van der Waals surface area contributed by atoms with E-state index in [0.717, 1.165) is 48.1 Å². The van der Waals surface area contributed by atoms with E-state index >= 15 is 0 Å². The van der Waals surface area contributed by atoms with Crippen molar-refractivity contribution in [3.8, 4) is 0 Å². The van der Waals surface area contributed by atoms with Crippen LogP contribution in [0.25, 0.3) is 10.9 Å². The number of halogens is 2. The van der Waals surface area contributed by atoms with Crippen LogP contribution >= 0.6 is 11.6 Å². The van der Waals surface area contributed by atoms with Crippen molar-refractivity contribution in [2.75, 3.05) is 34.3 Å². The highest BCUT2D eigenvalue weighted by Crippen LogP contribution is 2.49. The second-order valence-corrected chi connectivity index (χ2v) is 10.3. The normalized spacial score (nSPS) is 24.4. The fourth-order valence-corrected chi connectivity index (χ4v) is 5.97. The molecule has 4 atom stereocenters. The van der Waals surface area contributed by atoms with Gasteiger partial charge in [0.05, 0.1) is 18.2 Å². The van der Waals surface area contributed by atoms with Crippen LogP contribution in [0, 0.1) is 5.82 Å². The third-order valence-corrected chi connectivity index (χ3v) is 7.77. The maximum atomic E-state index is 14.6. The summed E-state index contributed by atoms with van der Waals surface area (Å²) < 4.78 is 19.9. The molecule has 0 spiro atoms. The number of methoxy groups -OCH3 is 1. The highest BCUT2D eigenvalue weighted by Gasteiger charge is 2.48. The second kappa shape index (κ2) is 9.90. The van der Waals surface area contributed by atoms with E-state index in [4.69, 9.17) is 16.3 Å². The van der Waals surface area contributed by atoms with Crippen LogP contribution in [-0.2, 0) is 16.0 Å². The van der Waals surface area contributed by atoms with E-state index in [9.17, 15) is 9.18 Å². The standard InChI is InChI=1S/C27H32ClFN4O2/c1-32(2)11-10-30-17-13-23(16-8-9-20(28)21(29)12-16)33-24(14-17)26-19(15-25(33)27(34)35-3)18-6-4-5-7-22(18)31-26/h4-9,12,17,23-25,30-31H,10-11,13-15H2,1-3H3/t17-,23+,24+,25+/m1/s1. The average molecular weight is 499 g/mol. The Balaban J connectivity index is 1.60. The molecule has 2 aromatic carbocycles. The van der Waals surface area contributed by atoms with Crippen LogP contribution < -0.4 is 5.32 Å². The summed E-state index contributed by atoms with van der Waals surface area (Å²) in [6, 6.07) is 12.8. The molecule has 0 bridgehead atoms. The molecule has 2 aliphatic rings. The summed E-state index contributed by atoms with van der Waals surface area (Å²) in [6.07, 6.45) is 2.15. The van der Waals surface area contributed by atoms with Gasteiger partial charge in [0.25, 0.3) is 0 Å². The van der Waals surface area contributed by atoms with Gasteiger partial charge < -0.3 is 19.9 Å². The first-order valence-corrected chi connectivity index (χ1v) is 12.5. The van der Waals surface area contributed by atoms with E-state index in [1.165, 1.54) is 18.7 Å². The van der Waals surface area contributed by atoms with Gasteiger partial charge in [-0.05, 0) is 56.3 Å². The van der Waals surface area contributed by atoms with E-state index in [2.05, 4.69) is 46.3 Å². The van der Waals surface area contributed by atoms with Gasteiger partial charge in [-0.25, -0.2) is 4.39 Å². The zero-order valence-electron chi connectivity index (χ0n) is 20.4. The molecule has 3 heterocycles. The van der Waals surface area contributed by atoms with Crippen LogP contribution in [0.2, 0.25) is 5.02 Å². The van der Waals surface area contributed by atoms with Crippen LogP contribution in [-0.4, -0.2) is 67.1 Å². The third-order valence-electron chi connectivity index (χ3n) is 7.47. The van der Waals surface area contributed by atoms with Crippen molar-refractivity contribution in [2.45, 2.75) is 43.4 Å². The molecule has 2 aliphatic heterocycles. The number of piperidine rings is 1. The monoisotopic (exact) mass is 498 g/mol. The molecule has 1 aromatic heterocycles. The van der Waals surface area contributed by atoms with E-state index in [1.807, 2.05) is 18.2 Å². The summed E-state index contributed by atoms with van der Waals surface area (Å²) in [5.74, 6) is -0.703. The number of para-hydroxylation sites is 1. The molecule has 2 N–H and O–H groups in total. The number of carbonyl (C=O) groups is 1. The minimum atomic E-state index is -0.455. The number of hydrogen-bond acceptors (Lipinski definition) is 5.